The summed E-state index contributed by atoms with van der Waals surface area (Å²) in [7, 11) is 0. The Balaban J connectivity index is 1.29. The van der Waals surface area contributed by atoms with Crippen LogP contribution in [0.25, 0.3) is 11.3 Å². The summed E-state index contributed by atoms with van der Waals surface area (Å²) in [4.78, 5) is 16.9. The van der Waals surface area contributed by atoms with Crippen molar-refractivity contribution in [1.82, 2.24) is 15.5 Å². The maximum absolute atomic E-state index is 12.3. The number of carbonyl (C=O) groups is 1. The highest BCUT2D eigenvalue weighted by Gasteiger charge is 2.13. The number of amides is 1. The fourth-order valence-corrected chi connectivity index (χ4v) is 3.65. The summed E-state index contributed by atoms with van der Waals surface area (Å²) in [6, 6.07) is 21.7. The molecule has 0 saturated heterocycles. The van der Waals surface area contributed by atoms with Gasteiger partial charge in [0.05, 0.1) is 16.4 Å². The van der Waals surface area contributed by atoms with E-state index in [0.29, 0.717) is 19.4 Å². The molecule has 0 spiro atoms. The number of hydrogen-bond acceptors (Lipinski definition) is 5. The summed E-state index contributed by atoms with van der Waals surface area (Å²) in [5.41, 5.74) is 3.93. The predicted octanol–water partition coefficient (Wildman–Crippen LogP) is 4.36. The number of benzene rings is 2. The van der Waals surface area contributed by atoms with Crippen LogP contribution in [0.1, 0.15) is 26.8 Å². The molecule has 1 amide bonds. The normalized spacial score (nSPS) is 10.7. The average molecular weight is 389 g/mol. The number of thiazole rings is 1. The Labute approximate surface area is 167 Å². The van der Waals surface area contributed by atoms with Crippen LogP contribution in [-0.4, -0.2) is 22.6 Å². The molecule has 1 N–H and O–H groups in total. The van der Waals surface area contributed by atoms with Crippen molar-refractivity contribution in [2.75, 3.05) is 6.54 Å². The lowest BCUT2D eigenvalue weighted by Gasteiger charge is -2.00. The Morgan fingerprint density at radius 3 is 2.57 bits per heavy atom. The first kappa shape index (κ1) is 18.1. The molecule has 2 aromatic heterocycles. The van der Waals surface area contributed by atoms with Gasteiger partial charge in [-0.05, 0) is 5.56 Å². The molecule has 0 aliphatic carbocycles. The van der Waals surface area contributed by atoms with Crippen molar-refractivity contribution in [1.29, 1.82) is 0 Å². The Bertz CT molecular complexity index is 1040. The van der Waals surface area contributed by atoms with Crippen molar-refractivity contribution in [2.45, 2.75) is 12.8 Å². The van der Waals surface area contributed by atoms with Crippen molar-refractivity contribution in [2.24, 2.45) is 0 Å². The molecular weight excluding hydrogens is 370 g/mol. The lowest BCUT2D eigenvalue weighted by Crippen LogP contribution is -2.25. The largest absolute Gasteiger partial charge is 0.351 e. The van der Waals surface area contributed by atoms with Gasteiger partial charge >= 0.3 is 0 Å². The third kappa shape index (κ3) is 4.53. The lowest BCUT2D eigenvalue weighted by atomic mass is 10.1. The van der Waals surface area contributed by atoms with Gasteiger partial charge in [0.15, 0.2) is 0 Å². The number of nitrogens with one attached hydrogen (secondary N) is 1. The highest BCUT2D eigenvalue weighted by Crippen LogP contribution is 2.21. The van der Waals surface area contributed by atoms with Gasteiger partial charge in [0.1, 0.15) is 0 Å². The van der Waals surface area contributed by atoms with E-state index in [1.54, 1.807) is 17.4 Å². The van der Waals surface area contributed by atoms with E-state index < -0.39 is 0 Å². The SMILES string of the molecule is O=C(NCCc1nc(-c2ccccc2)cs1)c1cc(Cc2ccccc2)no1. The summed E-state index contributed by atoms with van der Waals surface area (Å²) >= 11 is 1.60. The van der Waals surface area contributed by atoms with Gasteiger partial charge in [0, 0.05) is 36.4 Å². The topological polar surface area (TPSA) is 68.0 Å². The van der Waals surface area contributed by atoms with Crippen LogP contribution in [0.3, 0.4) is 0 Å². The zero-order valence-electron chi connectivity index (χ0n) is 15.2. The Morgan fingerprint density at radius 2 is 1.79 bits per heavy atom. The van der Waals surface area contributed by atoms with Gasteiger partial charge in [-0.15, -0.1) is 11.3 Å². The molecule has 4 rings (SSSR count). The van der Waals surface area contributed by atoms with Crippen LogP contribution in [0.4, 0.5) is 0 Å². The molecule has 0 aliphatic rings. The smallest absolute Gasteiger partial charge is 0.289 e. The zero-order chi connectivity index (χ0) is 19.2. The molecule has 0 saturated carbocycles. The molecule has 4 aromatic rings. The van der Waals surface area contributed by atoms with Gasteiger partial charge < -0.3 is 9.84 Å². The van der Waals surface area contributed by atoms with Crippen LogP contribution in [-0.2, 0) is 12.8 Å². The quantitative estimate of drug-likeness (QED) is 0.510. The fraction of sp³-hybridized carbons (Fsp3) is 0.136. The Morgan fingerprint density at radius 1 is 1.04 bits per heavy atom. The van der Waals surface area contributed by atoms with Gasteiger partial charge in [-0.2, -0.15) is 0 Å². The minimum Gasteiger partial charge on any atom is -0.351 e. The standard InChI is InChI=1S/C22H19N3O2S/c26-22(20-14-18(25-27-20)13-16-7-3-1-4-8-16)23-12-11-21-24-19(15-28-21)17-9-5-2-6-10-17/h1-10,14-15H,11-13H2,(H,23,26). The Hall–Kier alpha value is -3.25. The number of nitrogens with zero attached hydrogens (tertiary/aromatic N) is 2. The van der Waals surface area contributed by atoms with E-state index in [1.807, 2.05) is 66.0 Å². The van der Waals surface area contributed by atoms with Crippen LogP contribution >= 0.6 is 11.3 Å². The first-order chi connectivity index (χ1) is 13.8. The van der Waals surface area contributed by atoms with Gasteiger partial charge in [-0.25, -0.2) is 4.98 Å². The zero-order valence-corrected chi connectivity index (χ0v) is 16.0. The predicted molar refractivity (Wildman–Crippen MR) is 109 cm³/mol. The molecule has 28 heavy (non-hydrogen) atoms. The average Bonchev–Trinajstić information content (AvgIpc) is 3.39. The van der Waals surface area contributed by atoms with Crippen LogP contribution < -0.4 is 5.32 Å². The molecule has 0 bridgehead atoms. The second-order valence-electron chi connectivity index (χ2n) is 6.34. The minimum absolute atomic E-state index is 0.232. The summed E-state index contributed by atoms with van der Waals surface area (Å²) in [6.45, 7) is 0.495. The van der Waals surface area contributed by atoms with Crippen LogP contribution in [0.15, 0.2) is 76.6 Å². The second-order valence-corrected chi connectivity index (χ2v) is 7.29. The Kier molecular flexibility index (Phi) is 5.58. The third-order valence-electron chi connectivity index (χ3n) is 4.26. The van der Waals surface area contributed by atoms with Crippen LogP contribution in [0.2, 0.25) is 0 Å². The monoisotopic (exact) mass is 389 g/mol. The molecule has 0 unspecified atom stereocenters. The van der Waals surface area contributed by atoms with Gasteiger partial charge in [-0.3, -0.25) is 4.79 Å². The third-order valence-corrected chi connectivity index (χ3v) is 5.17. The lowest BCUT2D eigenvalue weighted by molar-refractivity contribution is 0.0917. The van der Waals surface area contributed by atoms with Crippen molar-refractivity contribution in [3.05, 3.63) is 94.1 Å². The minimum atomic E-state index is -0.258. The van der Waals surface area contributed by atoms with E-state index in [2.05, 4.69) is 15.5 Å². The maximum Gasteiger partial charge on any atom is 0.289 e. The van der Waals surface area contributed by atoms with E-state index >= 15 is 0 Å². The van der Waals surface area contributed by atoms with E-state index in [9.17, 15) is 4.79 Å². The molecule has 0 fully saturated rings. The number of aromatic nitrogens is 2. The first-order valence-electron chi connectivity index (χ1n) is 9.05. The molecule has 2 heterocycles. The van der Waals surface area contributed by atoms with Gasteiger partial charge in [0.25, 0.3) is 5.91 Å². The molecule has 0 atom stereocenters. The van der Waals surface area contributed by atoms with Crippen molar-refractivity contribution in [3.8, 4) is 11.3 Å². The summed E-state index contributed by atoms with van der Waals surface area (Å²) in [6.07, 6.45) is 1.31. The highest BCUT2D eigenvalue weighted by molar-refractivity contribution is 7.09. The molecule has 140 valence electrons. The van der Waals surface area contributed by atoms with Crippen molar-refractivity contribution < 1.29 is 9.32 Å². The van der Waals surface area contributed by atoms with Crippen LogP contribution in [0, 0.1) is 0 Å². The number of rotatable bonds is 7. The molecule has 2 aromatic carbocycles. The summed E-state index contributed by atoms with van der Waals surface area (Å²) in [5.74, 6) is -0.0262. The molecule has 0 radical (unpaired) electrons. The summed E-state index contributed by atoms with van der Waals surface area (Å²) in [5, 5.41) is 9.89. The summed E-state index contributed by atoms with van der Waals surface area (Å²) < 4.78 is 5.19. The van der Waals surface area contributed by atoms with Gasteiger partial charge in [0.2, 0.25) is 5.76 Å². The van der Waals surface area contributed by atoms with Gasteiger partial charge in [-0.1, -0.05) is 65.8 Å². The first-order valence-corrected chi connectivity index (χ1v) is 9.93. The van der Waals surface area contributed by atoms with E-state index in [4.69, 9.17) is 4.52 Å². The number of carbonyl (C=O) groups excluding carboxylic acids is 1. The maximum atomic E-state index is 12.3. The molecule has 0 aliphatic heterocycles. The van der Waals surface area contributed by atoms with E-state index in [0.717, 1.165) is 27.5 Å². The fourth-order valence-electron chi connectivity index (χ4n) is 2.84. The number of hydrogen-bond donors (Lipinski definition) is 1. The van der Waals surface area contributed by atoms with E-state index in [1.165, 1.54) is 0 Å². The molecule has 6 heteroatoms. The second kappa shape index (κ2) is 8.63. The highest BCUT2D eigenvalue weighted by atomic mass is 32.1. The van der Waals surface area contributed by atoms with Crippen molar-refractivity contribution >= 4 is 17.2 Å². The molecular formula is C22H19N3O2S. The van der Waals surface area contributed by atoms with Crippen molar-refractivity contribution in [3.63, 3.8) is 0 Å². The van der Waals surface area contributed by atoms with E-state index in [-0.39, 0.29) is 11.7 Å². The molecule has 5 nitrogen and oxygen atoms in total. The van der Waals surface area contributed by atoms with Crippen LogP contribution in [0.5, 0.6) is 0 Å².